The maximum atomic E-state index is 14.1. The molecule has 0 fully saturated rings. The molecule has 14 heteroatoms. The summed E-state index contributed by atoms with van der Waals surface area (Å²) >= 11 is 0. The lowest BCUT2D eigenvalue weighted by Gasteiger charge is -2.30. The minimum Gasteiger partial charge on any atom is -0.427 e. The molecule has 0 saturated heterocycles. The molecule has 63 heavy (non-hydrogen) atoms. The van der Waals surface area contributed by atoms with Crippen LogP contribution < -0.4 is 23.8 Å². The molecule has 7 aromatic rings. The Balaban J connectivity index is 0.000000219. The van der Waals surface area contributed by atoms with E-state index in [-0.39, 0.29) is 16.3 Å². The second-order valence-electron chi connectivity index (χ2n) is 14.7. The summed E-state index contributed by atoms with van der Waals surface area (Å²) in [4.78, 5) is 0.332. The van der Waals surface area contributed by atoms with E-state index in [1.54, 1.807) is 78.9 Å². The highest BCUT2D eigenvalue weighted by atomic mass is 32.8. The van der Waals surface area contributed by atoms with E-state index in [4.69, 9.17) is 23.8 Å². The zero-order chi connectivity index (χ0) is 45.1. The number of hydrogen-bond acceptors (Lipinski definition) is 9. The van der Waals surface area contributed by atoms with E-state index in [0.29, 0.717) is 34.2 Å². The number of nitrogens with zero attached hydrogens (tertiary/aromatic N) is 1. The molecule has 0 heterocycles. The Bertz CT molecular complexity index is 2770. The number of hydrogen-bond donors (Lipinski definition) is 1. The van der Waals surface area contributed by atoms with Crippen molar-refractivity contribution in [2.45, 2.75) is 57.9 Å². The van der Waals surface area contributed by atoms with Gasteiger partial charge in [0.2, 0.25) is 0 Å². The first kappa shape index (κ1) is 46.8. The quantitative estimate of drug-likeness (QED) is 0.0788. The normalized spacial score (nSPS) is 11.5. The average Bonchev–Trinajstić information content (AvgIpc) is 3.26. The second kappa shape index (κ2) is 21.1. The van der Waals surface area contributed by atoms with Gasteiger partial charge in [0, 0.05) is 5.69 Å². The molecule has 0 radical (unpaired) electrons. The van der Waals surface area contributed by atoms with E-state index >= 15 is 0 Å². The summed E-state index contributed by atoms with van der Waals surface area (Å²) in [5.41, 5.74) is 12.7. The standard InChI is InChI=1S/C28H29N2O4PS.C21H21O4PS/c1-21-16-18-25(19-17-21)36(31,32)30(20-24-12-6-7-13-26(24)29)35(33-27-14-8-4-10-22(27)2)34-28-15-9-5-11-23(28)3;1-16-12-14-19(15-13-16)27(22,23)26(24-20-10-6-4-8-17(20)2)25-21-11-7-5-9-18(21)3/h4-19H,20,29H2,1-3H3;4-15H,1-3H3. The summed E-state index contributed by atoms with van der Waals surface area (Å²) in [5, 5.41) is 0. The Kier molecular flexibility index (Phi) is 15.7. The van der Waals surface area contributed by atoms with E-state index in [0.717, 1.165) is 33.4 Å². The van der Waals surface area contributed by atoms with Gasteiger partial charge >= 0.3 is 16.1 Å². The second-order valence-corrected chi connectivity index (χ2v) is 22.7. The largest absolute Gasteiger partial charge is 0.427 e. The smallest absolute Gasteiger partial charge is 0.426 e. The zero-order valence-electron chi connectivity index (χ0n) is 35.9. The van der Waals surface area contributed by atoms with Crippen molar-refractivity contribution >= 4 is 41.3 Å². The van der Waals surface area contributed by atoms with Crippen LogP contribution in [0.3, 0.4) is 0 Å². The first-order chi connectivity index (χ1) is 30.1. The van der Waals surface area contributed by atoms with Crippen LogP contribution in [0.1, 0.15) is 38.9 Å². The lowest BCUT2D eigenvalue weighted by atomic mass is 10.2. The zero-order valence-corrected chi connectivity index (χ0v) is 39.3. The van der Waals surface area contributed by atoms with Crippen molar-refractivity contribution < 1.29 is 34.9 Å². The van der Waals surface area contributed by atoms with E-state index in [2.05, 4.69) is 0 Å². The lowest BCUT2D eigenvalue weighted by molar-refractivity contribution is 0.416. The minimum atomic E-state index is -4.04. The number of para-hydroxylation sites is 5. The third kappa shape index (κ3) is 12.0. The van der Waals surface area contributed by atoms with Gasteiger partial charge in [-0.2, -0.15) is 0 Å². The Morgan fingerprint density at radius 2 is 0.794 bits per heavy atom. The van der Waals surface area contributed by atoms with Crippen molar-refractivity contribution in [2.75, 3.05) is 5.73 Å². The molecular weight excluding hydrogens is 871 g/mol. The molecule has 0 amide bonds. The van der Waals surface area contributed by atoms with Crippen molar-refractivity contribution in [1.82, 2.24) is 4.08 Å². The Morgan fingerprint density at radius 1 is 0.444 bits per heavy atom. The SMILES string of the molecule is Cc1ccc(S(=O)(=O)N(Cc2ccccc2N)P(Oc2ccccc2C)Oc2ccccc2C)cc1.Cc1ccc(S(=O)(=O)P(Oc2ccccc2C)Oc2ccccc2C)cc1. The molecule has 7 rings (SSSR count). The molecule has 0 aromatic heterocycles. The molecule has 0 bridgehead atoms. The van der Waals surface area contributed by atoms with Gasteiger partial charge in [-0.05, 0) is 124 Å². The van der Waals surface area contributed by atoms with Gasteiger partial charge in [-0.1, -0.05) is 126 Å². The molecule has 0 aliphatic carbocycles. The highest BCUT2D eigenvalue weighted by Gasteiger charge is 2.39. The number of aryl methyl sites for hydroxylation is 6. The summed E-state index contributed by atoms with van der Waals surface area (Å²) < 4.78 is 80.5. The fraction of sp³-hybridized carbons (Fsp3) is 0.143. The molecule has 0 unspecified atom stereocenters. The van der Waals surface area contributed by atoms with Crippen molar-refractivity contribution in [3.8, 4) is 23.0 Å². The van der Waals surface area contributed by atoms with Gasteiger partial charge in [0.1, 0.15) is 23.0 Å². The van der Waals surface area contributed by atoms with Crippen LogP contribution >= 0.6 is 16.1 Å². The van der Waals surface area contributed by atoms with Crippen LogP contribution in [-0.2, 0) is 26.0 Å². The van der Waals surface area contributed by atoms with Crippen LogP contribution in [0.25, 0.3) is 0 Å². The molecule has 0 saturated carbocycles. The number of sulfonamides is 1. The van der Waals surface area contributed by atoms with E-state index in [9.17, 15) is 16.8 Å². The van der Waals surface area contributed by atoms with E-state index in [1.165, 1.54) is 4.08 Å². The van der Waals surface area contributed by atoms with Gasteiger partial charge in [-0.3, -0.25) is 0 Å². The van der Waals surface area contributed by atoms with Gasteiger partial charge in [-0.15, -0.1) is 4.08 Å². The van der Waals surface area contributed by atoms with Crippen molar-refractivity contribution in [2.24, 2.45) is 0 Å². The van der Waals surface area contributed by atoms with Crippen LogP contribution in [0.4, 0.5) is 5.69 Å². The predicted octanol–water partition coefficient (Wildman–Crippen LogP) is 12.5. The molecule has 7 aromatic carbocycles. The fourth-order valence-electron chi connectivity index (χ4n) is 5.87. The third-order valence-corrected chi connectivity index (χ3v) is 17.7. The van der Waals surface area contributed by atoms with Gasteiger partial charge in [0.15, 0.2) is 0 Å². The molecule has 0 spiro atoms. The van der Waals surface area contributed by atoms with Crippen LogP contribution in [-0.4, -0.2) is 20.9 Å². The minimum absolute atomic E-state index is 0.0215. The summed E-state index contributed by atoms with van der Waals surface area (Å²) in [6.07, 6.45) is 0. The Morgan fingerprint density at radius 3 is 1.19 bits per heavy atom. The van der Waals surface area contributed by atoms with E-state index < -0.39 is 35.6 Å². The highest BCUT2D eigenvalue weighted by Crippen LogP contribution is 2.51. The molecule has 326 valence electrons. The van der Waals surface area contributed by atoms with Gasteiger partial charge < -0.3 is 23.8 Å². The molecule has 2 N–H and O–H groups in total. The number of benzene rings is 7. The highest BCUT2D eigenvalue weighted by molar-refractivity contribution is 8.47. The van der Waals surface area contributed by atoms with Gasteiger partial charge in [-0.25, -0.2) is 16.8 Å². The summed E-state index contributed by atoms with van der Waals surface area (Å²) in [6, 6.07) is 50.2. The first-order valence-corrected chi connectivity index (χ1v) is 25.8. The fourth-order valence-corrected chi connectivity index (χ4v) is 12.9. The maximum Gasteiger partial charge on any atom is 0.426 e. The van der Waals surface area contributed by atoms with Crippen LogP contribution in [0.15, 0.2) is 180 Å². The van der Waals surface area contributed by atoms with Crippen LogP contribution in [0.5, 0.6) is 23.0 Å². The molecular formula is C49H50N2O8P2S2. The van der Waals surface area contributed by atoms with Gasteiger partial charge in [0.05, 0.1) is 16.3 Å². The Hall–Kier alpha value is -5.74. The predicted molar refractivity (Wildman–Crippen MR) is 254 cm³/mol. The van der Waals surface area contributed by atoms with E-state index in [1.807, 2.05) is 133 Å². The Labute approximate surface area is 373 Å². The molecule has 0 atom stereocenters. The number of nitrogens with two attached hydrogens (primary N) is 1. The summed E-state index contributed by atoms with van der Waals surface area (Å²) in [7, 11) is -12.3. The topological polar surface area (TPSA) is 134 Å². The number of anilines is 1. The average molecular weight is 921 g/mol. The molecule has 0 aliphatic rings. The van der Waals surface area contributed by atoms with Crippen molar-refractivity contribution in [3.05, 3.63) is 209 Å². The lowest BCUT2D eigenvalue weighted by Crippen LogP contribution is -2.30. The number of rotatable bonds is 15. The van der Waals surface area contributed by atoms with Crippen molar-refractivity contribution in [1.29, 1.82) is 0 Å². The van der Waals surface area contributed by atoms with Crippen molar-refractivity contribution in [3.63, 3.8) is 0 Å². The monoisotopic (exact) mass is 920 g/mol. The third-order valence-electron chi connectivity index (χ3n) is 9.73. The summed E-state index contributed by atoms with van der Waals surface area (Å²) in [6.45, 7) is 11.4. The van der Waals surface area contributed by atoms with Crippen LogP contribution in [0.2, 0.25) is 0 Å². The summed E-state index contributed by atoms with van der Waals surface area (Å²) in [5.74, 6) is 2.07. The molecule has 0 aliphatic heterocycles. The number of nitrogen functional groups attached to an aromatic ring is 1. The first-order valence-electron chi connectivity index (χ1n) is 19.9. The maximum absolute atomic E-state index is 14.1. The van der Waals surface area contributed by atoms with Gasteiger partial charge in [0.25, 0.3) is 19.5 Å². The molecule has 10 nitrogen and oxygen atoms in total. The van der Waals surface area contributed by atoms with Crippen LogP contribution in [0, 0.1) is 41.5 Å².